The molecule has 1 aliphatic heterocycles. The van der Waals surface area contributed by atoms with Crippen molar-refractivity contribution < 1.29 is 8.42 Å². The maximum absolute atomic E-state index is 12.9. The van der Waals surface area contributed by atoms with Gasteiger partial charge in [-0.25, -0.2) is 13.4 Å². The van der Waals surface area contributed by atoms with Gasteiger partial charge in [-0.15, -0.1) is 0 Å². The molecule has 2 heterocycles. The minimum atomic E-state index is -3.40. The van der Waals surface area contributed by atoms with Crippen LogP contribution in [0, 0.1) is 12.3 Å². The first kappa shape index (κ1) is 27.1. The molecule has 1 atom stereocenters. The fraction of sp³-hybridized carbons (Fsp3) is 0.448. The molecule has 37 heavy (non-hydrogen) atoms. The average Bonchev–Trinajstić information content (AvgIpc) is 2.85. The molecule has 3 aromatic rings. The third kappa shape index (κ3) is 7.29. The summed E-state index contributed by atoms with van der Waals surface area (Å²) in [7, 11) is -3.40. The predicted octanol–water partition coefficient (Wildman–Crippen LogP) is 6.64. The third-order valence-corrected chi connectivity index (χ3v) is 8.86. The highest BCUT2D eigenvalue weighted by Crippen LogP contribution is 2.28. The first-order valence-electron chi connectivity index (χ1n) is 13.0. The minimum absolute atomic E-state index is 0.0830. The number of aromatic nitrogens is 2. The number of aryl methyl sites for hydroxylation is 1. The van der Waals surface area contributed by atoms with Crippen molar-refractivity contribution >= 4 is 33.0 Å². The highest BCUT2D eigenvalue weighted by Gasteiger charge is 2.24. The van der Waals surface area contributed by atoms with Gasteiger partial charge in [0.1, 0.15) is 5.82 Å². The van der Waals surface area contributed by atoms with Crippen LogP contribution in [0.3, 0.4) is 0 Å². The molecule has 0 saturated carbocycles. The summed E-state index contributed by atoms with van der Waals surface area (Å²) < 4.78 is 25.7. The van der Waals surface area contributed by atoms with E-state index >= 15 is 0 Å². The van der Waals surface area contributed by atoms with Crippen molar-refractivity contribution in [2.45, 2.75) is 64.8 Å². The lowest BCUT2D eigenvalue weighted by molar-refractivity contribution is 0.175. The number of anilines is 4. The molecule has 1 aliphatic rings. The van der Waals surface area contributed by atoms with Crippen LogP contribution in [0.25, 0.3) is 0 Å². The highest BCUT2D eigenvalue weighted by atomic mass is 32.2. The predicted molar refractivity (Wildman–Crippen MR) is 152 cm³/mol. The molecule has 2 aromatic carbocycles. The first-order valence-corrected chi connectivity index (χ1v) is 14.7. The standard InChI is InChI=1S/C29H39N5O2S/c1-21-19-30-28(32-24-14-12-23(13-15-24)22(2)34-16-7-6-8-17-34)33-27(21)31-25-10-9-11-26(18-25)37(35,36)20-29(3,4)5/h9-15,18-19,22H,6-8,16-17,20H2,1-5H3,(H2,30,31,32,33). The molecule has 1 saturated heterocycles. The van der Waals surface area contributed by atoms with Gasteiger partial charge >= 0.3 is 0 Å². The van der Waals surface area contributed by atoms with Gasteiger partial charge in [0, 0.05) is 29.2 Å². The lowest BCUT2D eigenvalue weighted by atomic mass is 10.0. The van der Waals surface area contributed by atoms with Gasteiger partial charge in [-0.3, -0.25) is 4.90 Å². The summed E-state index contributed by atoms with van der Waals surface area (Å²) in [5, 5.41) is 6.57. The number of benzene rings is 2. The molecule has 198 valence electrons. The normalized spacial score (nSPS) is 15.8. The van der Waals surface area contributed by atoms with Crippen molar-refractivity contribution in [3.05, 3.63) is 65.9 Å². The fourth-order valence-electron chi connectivity index (χ4n) is 4.68. The summed E-state index contributed by atoms with van der Waals surface area (Å²) in [6, 6.07) is 15.8. The summed E-state index contributed by atoms with van der Waals surface area (Å²) >= 11 is 0. The van der Waals surface area contributed by atoms with Gasteiger partial charge in [-0.1, -0.05) is 45.4 Å². The first-order chi connectivity index (χ1) is 17.5. The fourth-order valence-corrected chi connectivity index (χ4v) is 6.58. The van der Waals surface area contributed by atoms with E-state index in [1.165, 1.54) is 37.9 Å². The molecule has 7 nitrogen and oxygen atoms in total. The van der Waals surface area contributed by atoms with Crippen molar-refractivity contribution in [1.29, 1.82) is 0 Å². The molecule has 1 fully saturated rings. The number of rotatable bonds is 8. The minimum Gasteiger partial charge on any atom is -0.340 e. The lowest BCUT2D eigenvalue weighted by Crippen LogP contribution is -2.32. The number of nitrogens with one attached hydrogen (secondary N) is 2. The summed E-state index contributed by atoms with van der Waals surface area (Å²) in [5.41, 5.74) is 3.43. The summed E-state index contributed by atoms with van der Waals surface area (Å²) in [4.78, 5) is 11.9. The molecule has 4 rings (SSSR count). The number of nitrogens with zero attached hydrogens (tertiary/aromatic N) is 3. The molecule has 0 aliphatic carbocycles. The van der Waals surface area contributed by atoms with Crippen LogP contribution in [0.1, 0.15) is 64.1 Å². The average molecular weight is 522 g/mol. The topological polar surface area (TPSA) is 87.2 Å². The summed E-state index contributed by atoms with van der Waals surface area (Å²) in [6.07, 6.45) is 5.65. The van der Waals surface area contributed by atoms with Gasteiger partial charge in [0.2, 0.25) is 5.95 Å². The van der Waals surface area contributed by atoms with E-state index in [1.54, 1.807) is 24.4 Å². The van der Waals surface area contributed by atoms with Crippen LogP contribution in [-0.2, 0) is 9.84 Å². The van der Waals surface area contributed by atoms with E-state index < -0.39 is 9.84 Å². The Morgan fingerprint density at radius 2 is 1.68 bits per heavy atom. The monoisotopic (exact) mass is 521 g/mol. The largest absolute Gasteiger partial charge is 0.340 e. The number of likely N-dealkylation sites (tertiary alicyclic amines) is 1. The van der Waals surface area contributed by atoms with Crippen LogP contribution >= 0.6 is 0 Å². The number of hydrogen-bond acceptors (Lipinski definition) is 7. The Hall–Kier alpha value is -2.97. The lowest BCUT2D eigenvalue weighted by Gasteiger charge is -2.32. The Kier molecular flexibility index (Phi) is 8.19. The Labute approximate surface area is 221 Å². The third-order valence-electron chi connectivity index (χ3n) is 6.64. The highest BCUT2D eigenvalue weighted by molar-refractivity contribution is 7.91. The molecule has 0 bridgehead atoms. The van der Waals surface area contributed by atoms with Gasteiger partial charge in [-0.05, 0) is 81.1 Å². The van der Waals surface area contributed by atoms with Gasteiger partial charge < -0.3 is 10.6 Å². The van der Waals surface area contributed by atoms with Crippen LogP contribution in [0.5, 0.6) is 0 Å². The van der Waals surface area contributed by atoms with Crippen LogP contribution in [-0.4, -0.2) is 42.1 Å². The van der Waals surface area contributed by atoms with E-state index in [0.717, 1.165) is 11.3 Å². The zero-order valence-corrected chi connectivity index (χ0v) is 23.4. The maximum atomic E-state index is 12.9. The van der Waals surface area contributed by atoms with E-state index in [9.17, 15) is 8.42 Å². The molecule has 0 radical (unpaired) electrons. The number of hydrogen-bond donors (Lipinski definition) is 2. The Morgan fingerprint density at radius 1 is 0.973 bits per heavy atom. The van der Waals surface area contributed by atoms with Crippen LogP contribution in [0.15, 0.2) is 59.6 Å². The maximum Gasteiger partial charge on any atom is 0.229 e. The second-order valence-electron chi connectivity index (χ2n) is 11.2. The van der Waals surface area contributed by atoms with Crippen LogP contribution < -0.4 is 10.6 Å². The zero-order chi connectivity index (χ0) is 26.6. The second kappa shape index (κ2) is 11.2. The van der Waals surface area contributed by atoms with E-state index in [2.05, 4.69) is 56.7 Å². The Balaban J connectivity index is 1.46. The Bertz CT molecular complexity index is 1310. The van der Waals surface area contributed by atoms with Gasteiger partial charge in [0.15, 0.2) is 9.84 Å². The van der Waals surface area contributed by atoms with Crippen molar-refractivity contribution in [2.75, 3.05) is 29.5 Å². The second-order valence-corrected chi connectivity index (χ2v) is 13.2. The number of sulfone groups is 1. The molecule has 1 aromatic heterocycles. The quantitative estimate of drug-likeness (QED) is 0.344. The smallest absolute Gasteiger partial charge is 0.229 e. The molecule has 0 spiro atoms. The molecule has 8 heteroatoms. The molecule has 2 N–H and O–H groups in total. The van der Waals surface area contributed by atoms with Gasteiger partial charge in [0.05, 0.1) is 10.6 Å². The van der Waals surface area contributed by atoms with E-state index in [4.69, 9.17) is 0 Å². The summed E-state index contributed by atoms with van der Waals surface area (Å²) in [5.74, 6) is 1.18. The van der Waals surface area contributed by atoms with Crippen molar-refractivity contribution in [2.24, 2.45) is 5.41 Å². The Morgan fingerprint density at radius 3 is 2.35 bits per heavy atom. The van der Waals surface area contributed by atoms with Gasteiger partial charge in [-0.2, -0.15) is 4.98 Å². The zero-order valence-electron chi connectivity index (χ0n) is 22.6. The van der Waals surface area contributed by atoms with Crippen LogP contribution in [0.2, 0.25) is 0 Å². The molecular weight excluding hydrogens is 482 g/mol. The molecule has 0 amide bonds. The number of piperidine rings is 1. The van der Waals surface area contributed by atoms with E-state index in [-0.39, 0.29) is 11.2 Å². The van der Waals surface area contributed by atoms with E-state index in [0.29, 0.717) is 28.4 Å². The van der Waals surface area contributed by atoms with Crippen LogP contribution in [0.4, 0.5) is 23.1 Å². The van der Waals surface area contributed by atoms with Crippen molar-refractivity contribution in [3.8, 4) is 0 Å². The molecular formula is C29H39N5O2S. The molecule has 1 unspecified atom stereocenters. The van der Waals surface area contributed by atoms with Crippen molar-refractivity contribution in [3.63, 3.8) is 0 Å². The van der Waals surface area contributed by atoms with Crippen molar-refractivity contribution in [1.82, 2.24) is 14.9 Å². The van der Waals surface area contributed by atoms with E-state index in [1.807, 2.05) is 33.8 Å². The van der Waals surface area contributed by atoms with Gasteiger partial charge in [0.25, 0.3) is 0 Å². The SMILES string of the molecule is Cc1cnc(Nc2ccc(C(C)N3CCCCC3)cc2)nc1Nc1cccc(S(=O)(=O)CC(C)(C)C)c1. The summed E-state index contributed by atoms with van der Waals surface area (Å²) in [6.45, 7) is 12.3.